The van der Waals surface area contributed by atoms with Crippen LogP contribution >= 0.6 is 0 Å². The van der Waals surface area contributed by atoms with E-state index < -0.39 is 23.7 Å². The van der Waals surface area contributed by atoms with Crippen LogP contribution in [0.1, 0.15) is 54.4 Å². The van der Waals surface area contributed by atoms with Crippen LogP contribution in [0.5, 0.6) is 11.5 Å². The van der Waals surface area contributed by atoms with E-state index in [1.165, 1.54) is 11.0 Å². The van der Waals surface area contributed by atoms with Crippen molar-refractivity contribution in [1.29, 1.82) is 0 Å². The summed E-state index contributed by atoms with van der Waals surface area (Å²) in [7, 11) is 5.06. The number of ether oxygens (including phenoxy) is 2. The predicted octanol–water partition coefficient (Wildman–Crippen LogP) is 6.16. The Morgan fingerprint density at radius 3 is 2.11 bits per heavy atom. The van der Waals surface area contributed by atoms with Crippen LogP contribution < -0.4 is 30.1 Å². The van der Waals surface area contributed by atoms with E-state index in [-0.39, 0.29) is 40.9 Å². The van der Waals surface area contributed by atoms with Gasteiger partial charge in [0.05, 0.1) is 31.0 Å². The zero-order valence-electron chi connectivity index (χ0n) is 31.2. The van der Waals surface area contributed by atoms with E-state index in [4.69, 9.17) is 9.47 Å². The zero-order chi connectivity index (χ0) is 38.5. The number of nitrogens with zero attached hydrogens (tertiary/aromatic N) is 5. The number of imide groups is 1. The number of hydrogen-bond donors (Lipinski definition) is 2. The average Bonchev–Trinajstić information content (AvgIpc) is 3.58. The third-order valence-corrected chi connectivity index (χ3v) is 11.7. The van der Waals surface area contributed by atoms with E-state index in [9.17, 15) is 27.6 Å². The van der Waals surface area contributed by atoms with Crippen molar-refractivity contribution >= 4 is 34.3 Å². The summed E-state index contributed by atoms with van der Waals surface area (Å²) in [4.78, 5) is 42.0. The number of pyridine rings is 1. The molecule has 3 aliphatic heterocycles. The molecule has 0 spiro atoms. The van der Waals surface area contributed by atoms with Crippen LogP contribution in [0.3, 0.4) is 0 Å². The summed E-state index contributed by atoms with van der Waals surface area (Å²) < 4.78 is 57.4. The highest BCUT2D eigenvalue weighted by atomic mass is 19.4. The molecule has 0 radical (unpaired) electrons. The molecule has 0 saturated carbocycles. The minimum atomic E-state index is -4.66. The van der Waals surface area contributed by atoms with Gasteiger partial charge in [0.1, 0.15) is 17.1 Å². The van der Waals surface area contributed by atoms with Crippen LogP contribution in [-0.4, -0.2) is 78.5 Å². The first-order valence-electron chi connectivity index (χ1n) is 18.4. The van der Waals surface area contributed by atoms with Gasteiger partial charge in [-0.25, -0.2) is 4.79 Å². The number of hydrogen-bond acceptors (Lipinski definition) is 8. The van der Waals surface area contributed by atoms with Gasteiger partial charge in [-0.2, -0.15) is 18.3 Å². The first kappa shape index (κ1) is 37.3. The summed E-state index contributed by atoms with van der Waals surface area (Å²) in [6.07, 6.45) is 0.808. The number of benzene rings is 2. The number of carbonyl (C=O) groups is 2. The summed E-state index contributed by atoms with van der Waals surface area (Å²) in [6.45, 7) is 7.27. The Kier molecular flexibility index (Phi) is 10.1. The number of piperidine rings is 2. The maximum absolute atomic E-state index is 14.7. The van der Waals surface area contributed by atoms with Gasteiger partial charge in [0.15, 0.2) is 5.82 Å². The van der Waals surface area contributed by atoms with Crippen LogP contribution in [0.2, 0.25) is 0 Å². The second kappa shape index (κ2) is 14.6. The Morgan fingerprint density at radius 2 is 1.52 bits per heavy atom. The number of aromatic amines is 1. The number of alkyl halides is 3. The van der Waals surface area contributed by atoms with Crippen molar-refractivity contribution in [2.45, 2.75) is 58.7 Å². The SMILES string of the molecule is COc1cc(-c2cn(C)c(=O)c(C)c2C)cc(OC)c1CN1CCC(C2CCN(c3ccc4c(N5CCC(=O)NC5=O)n[nH]c4c3C(F)(F)F)CC2)CC1. The number of methoxy groups -OCH3 is 2. The lowest BCUT2D eigenvalue weighted by Gasteiger charge is -2.41. The maximum Gasteiger partial charge on any atom is 0.420 e. The third-order valence-electron chi connectivity index (χ3n) is 11.7. The van der Waals surface area contributed by atoms with Gasteiger partial charge in [0.25, 0.3) is 5.56 Å². The van der Waals surface area contributed by atoms with E-state index in [1.54, 1.807) is 31.9 Å². The standard InChI is InChI=1S/C39H46F3N7O5/c1-22-23(2)37(51)46(3)20-28(22)26-18-31(53-4)29(32(19-26)54-5)21-47-13-8-24(9-14-47)25-10-15-48(16-11-25)30-7-6-27-35(34(30)39(40,41)42)44-45-36(27)49-17-12-33(50)43-38(49)52/h6-7,18-20,24-25H,8-17,21H2,1-5H3,(H,44,45)(H,43,50,52). The quantitative estimate of drug-likeness (QED) is 0.220. The highest BCUT2D eigenvalue weighted by Crippen LogP contribution is 2.45. The van der Waals surface area contributed by atoms with Gasteiger partial charge in [-0.1, -0.05) is 0 Å². The number of amides is 3. The minimum absolute atomic E-state index is 0.0226. The number of urea groups is 1. The minimum Gasteiger partial charge on any atom is -0.496 e. The third kappa shape index (κ3) is 6.89. The fourth-order valence-corrected chi connectivity index (χ4v) is 8.57. The molecule has 7 rings (SSSR count). The van der Waals surface area contributed by atoms with Crippen LogP contribution in [-0.2, 0) is 24.6 Å². The number of anilines is 2. The molecule has 3 fully saturated rings. The molecule has 0 aliphatic carbocycles. The Morgan fingerprint density at radius 1 is 0.889 bits per heavy atom. The molecule has 15 heteroatoms. The largest absolute Gasteiger partial charge is 0.496 e. The van der Waals surface area contributed by atoms with Crippen LogP contribution in [0.15, 0.2) is 35.3 Å². The number of nitrogens with one attached hydrogen (secondary N) is 2. The molecule has 3 amide bonds. The average molecular weight is 750 g/mol. The Hall–Kier alpha value is -5.05. The maximum atomic E-state index is 14.7. The second-order valence-electron chi connectivity index (χ2n) is 14.7. The van der Waals surface area contributed by atoms with Gasteiger partial charge >= 0.3 is 12.2 Å². The molecule has 54 heavy (non-hydrogen) atoms. The molecule has 0 bridgehead atoms. The van der Waals surface area contributed by atoms with Gasteiger partial charge in [0.2, 0.25) is 5.91 Å². The van der Waals surface area contributed by atoms with Gasteiger partial charge in [0, 0.05) is 62.4 Å². The lowest BCUT2D eigenvalue weighted by Crippen LogP contribution is -2.49. The van der Waals surface area contributed by atoms with Gasteiger partial charge in [-0.15, -0.1) is 0 Å². The molecule has 5 heterocycles. The number of H-pyrrole nitrogens is 1. The van der Waals surface area contributed by atoms with Gasteiger partial charge in [-0.3, -0.25) is 29.8 Å². The highest BCUT2D eigenvalue weighted by Gasteiger charge is 2.40. The molecule has 2 N–H and O–H groups in total. The fraction of sp³-hybridized carbons (Fsp3) is 0.487. The smallest absolute Gasteiger partial charge is 0.420 e. The monoisotopic (exact) mass is 749 g/mol. The normalized spacial score (nSPS) is 18.1. The van der Waals surface area contributed by atoms with Crippen molar-refractivity contribution in [3.63, 3.8) is 0 Å². The molecule has 12 nitrogen and oxygen atoms in total. The van der Waals surface area contributed by atoms with Crippen LogP contribution in [0, 0.1) is 25.7 Å². The highest BCUT2D eigenvalue weighted by molar-refractivity contribution is 6.09. The topological polar surface area (TPSA) is 125 Å². The van der Waals surface area contributed by atoms with Crippen LogP contribution in [0.25, 0.3) is 22.0 Å². The van der Waals surface area contributed by atoms with E-state index >= 15 is 0 Å². The van der Waals surface area contributed by atoms with Crippen molar-refractivity contribution in [3.8, 4) is 22.6 Å². The lowest BCUT2D eigenvalue weighted by molar-refractivity contribution is -0.136. The first-order chi connectivity index (χ1) is 25.8. The summed E-state index contributed by atoms with van der Waals surface area (Å²) in [6, 6.07) is 6.37. The second-order valence-corrected chi connectivity index (χ2v) is 14.7. The predicted molar refractivity (Wildman–Crippen MR) is 199 cm³/mol. The summed E-state index contributed by atoms with van der Waals surface area (Å²) >= 11 is 0. The number of halogens is 3. The van der Waals surface area contributed by atoms with Crippen molar-refractivity contribution in [2.24, 2.45) is 18.9 Å². The summed E-state index contributed by atoms with van der Waals surface area (Å²) in [5.74, 6) is 1.97. The van der Waals surface area contributed by atoms with Crippen molar-refractivity contribution in [3.05, 3.63) is 63.1 Å². The van der Waals surface area contributed by atoms with E-state index in [0.29, 0.717) is 37.0 Å². The van der Waals surface area contributed by atoms with Crippen molar-refractivity contribution in [1.82, 2.24) is 25.0 Å². The zero-order valence-corrected chi connectivity index (χ0v) is 31.2. The molecule has 3 aliphatic rings. The van der Waals surface area contributed by atoms with Crippen LogP contribution in [0.4, 0.5) is 29.5 Å². The van der Waals surface area contributed by atoms with Gasteiger partial charge in [-0.05, 0) is 99.8 Å². The lowest BCUT2D eigenvalue weighted by atomic mass is 9.78. The Bertz CT molecular complexity index is 2120. The number of aromatic nitrogens is 3. The molecule has 2 aromatic heterocycles. The van der Waals surface area contributed by atoms with E-state index in [2.05, 4.69) is 20.4 Å². The molecule has 4 aromatic rings. The molecular formula is C39H46F3N7O5. The number of rotatable bonds is 8. The Labute approximate surface area is 311 Å². The van der Waals surface area contributed by atoms with Crippen molar-refractivity contribution < 1.29 is 32.2 Å². The first-order valence-corrected chi connectivity index (χ1v) is 18.4. The molecule has 0 unspecified atom stereocenters. The summed E-state index contributed by atoms with van der Waals surface area (Å²) in [5, 5.41) is 9.02. The molecule has 0 atom stereocenters. The number of aryl methyl sites for hydroxylation is 1. The summed E-state index contributed by atoms with van der Waals surface area (Å²) in [5.41, 5.74) is 3.55. The molecular weight excluding hydrogens is 703 g/mol. The van der Waals surface area contributed by atoms with Gasteiger partial charge < -0.3 is 18.9 Å². The number of fused-ring (bicyclic) bond motifs is 1. The number of likely N-dealkylation sites (tertiary alicyclic amines) is 1. The fourth-order valence-electron chi connectivity index (χ4n) is 8.57. The molecule has 2 aromatic carbocycles. The van der Waals surface area contributed by atoms with E-state index in [1.807, 2.05) is 37.1 Å². The van der Waals surface area contributed by atoms with E-state index in [0.717, 1.165) is 72.5 Å². The molecule has 3 saturated heterocycles. The van der Waals surface area contributed by atoms with Crippen molar-refractivity contribution in [2.75, 3.05) is 56.7 Å². The number of carbonyl (C=O) groups excluding carboxylic acids is 2. The molecule has 288 valence electrons. The Balaban J connectivity index is 1.01.